The smallest absolute Gasteiger partial charge is 0.241 e. The topological polar surface area (TPSA) is 92.3 Å². The molecule has 3 rings (SSSR count). The summed E-state index contributed by atoms with van der Waals surface area (Å²) in [6.45, 7) is 4.96. The second kappa shape index (κ2) is 6.77. The quantitative estimate of drug-likeness (QED) is 0.807. The van der Waals surface area contributed by atoms with Crippen LogP contribution in [0.15, 0.2) is 40.1 Å². The molecule has 8 heteroatoms. The second-order valence-corrected chi connectivity index (χ2v) is 10.4. The molecule has 0 saturated heterocycles. The van der Waals surface area contributed by atoms with E-state index in [0.717, 1.165) is 24.9 Å². The van der Waals surface area contributed by atoms with Crippen molar-refractivity contribution in [3.63, 3.8) is 0 Å². The molecule has 1 aliphatic heterocycles. The first-order chi connectivity index (χ1) is 12.1. The molecule has 2 N–H and O–H groups in total. The number of nitrogens with one attached hydrogen (secondary N) is 2. The summed E-state index contributed by atoms with van der Waals surface area (Å²) in [6, 6.07) is 8.89. The van der Waals surface area contributed by atoms with Crippen molar-refractivity contribution in [2.75, 3.05) is 6.26 Å². The molecular weight excluding hydrogens is 372 g/mol. The Kier molecular flexibility index (Phi) is 4.96. The molecule has 0 aliphatic carbocycles. The molecule has 1 aliphatic rings. The predicted molar refractivity (Wildman–Crippen MR) is 100 cm³/mol. The van der Waals surface area contributed by atoms with E-state index < -0.39 is 19.9 Å². The van der Waals surface area contributed by atoms with Gasteiger partial charge in [-0.05, 0) is 53.8 Å². The first-order valence-corrected chi connectivity index (χ1v) is 11.6. The number of sulfone groups is 1. The van der Waals surface area contributed by atoms with Crippen LogP contribution in [-0.4, -0.2) is 23.1 Å². The van der Waals surface area contributed by atoms with Gasteiger partial charge in [0.25, 0.3) is 0 Å². The Morgan fingerprint density at radius 2 is 1.62 bits per heavy atom. The SMILES string of the molecule is Cc1cc(S(C)(=O)=O)c(C)c(S(=O)(=O)NCc2ccc3c(c2)CNC3)c1. The minimum absolute atomic E-state index is 0.000696. The molecule has 0 aromatic heterocycles. The highest BCUT2D eigenvalue weighted by atomic mass is 32.2. The summed E-state index contributed by atoms with van der Waals surface area (Å²) >= 11 is 0. The summed E-state index contributed by atoms with van der Waals surface area (Å²) in [5, 5.41) is 3.25. The molecule has 0 saturated carbocycles. The van der Waals surface area contributed by atoms with Crippen LogP contribution < -0.4 is 10.0 Å². The number of fused-ring (bicyclic) bond motifs is 1. The highest BCUT2D eigenvalue weighted by molar-refractivity contribution is 7.91. The van der Waals surface area contributed by atoms with Crippen molar-refractivity contribution in [3.8, 4) is 0 Å². The van der Waals surface area contributed by atoms with Crippen LogP contribution in [0.1, 0.15) is 27.8 Å². The summed E-state index contributed by atoms with van der Waals surface area (Å²) < 4.78 is 52.0. The zero-order valence-corrected chi connectivity index (χ0v) is 16.6. The summed E-state index contributed by atoms with van der Waals surface area (Å²) in [5.41, 5.74) is 4.09. The van der Waals surface area contributed by atoms with Crippen molar-refractivity contribution in [1.82, 2.24) is 10.0 Å². The minimum atomic E-state index is -3.84. The van der Waals surface area contributed by atoms with Gasteiger partial charge in [0, 0.05) is 25.9 Å². The van der Waals surface area contributed by atoms with Crippen LogP contribution in [0.25, 0.3) is 0 Å². The molecule has 6 nitrogen and oxygen atoms in total. The molecular formula is C18H22N2O4S2. The van der Waals surface area contributed by atoms with Gasteiger partial charge in [-0.25, -0.2) is 21.6 Å². The fraction of sp³-hybridized carbons (Fsp3) is 0.333. The van der Waals surface area contributed by atoms with E-state index in [9.17, 15) is 16.8 Å². The van der Waals surface area contributed by atoms with Crippen molar-refractivity contribution in [2.24, 2.45) is 0 Å². The second-order valence-electron chi connectivity index (χ2n) is 6.69. The van der Waals surface area contributed by atoms with E-state index in [1.54, 1.807) is 6.92 Å². The van der Waals surface area contributed by atoms with Crippen molar-refractivity contribution in [1.29, 1.82) is 0 Å². The molecule has 1 heterocycles. The van der Waals surface area contributed by atoms with Crippen LogP contribution in [0.5, 0.6) is 0 Å². The molecule has 0 unspecified atom stereocenters. The average molecular weight is 395 g/mol. The lowest BCUT2D eigenvalue weighted by Gasteiger charge is -2.14. The Bertz CT molecular complexity index is 1070. The standard InChI is InChI=1S/C18H22N2O4S2/c1-12-6-17(25(3,21)22)13(2)18(7-12)26(23,24)20-9-14-4-5-15-10-19-11-16(15)8-14/h4-8,19-20H,9-11H2,1-3H3. The molecule has 0 atom stereocenters. The van der Waals surface area contributed by atoms with Gasteiger partial charge in [-0.2, -0.15) is 0 Å². The van der Waals surface area contributed by atoms with Crippen molar-refractivity contribution in [2.45, 2.75) is 43.3 Å². The van der Waals surface area contributed by atoms with Crippen molar-refractivity contribution >= 4 is 19.9 Å². The number of aryl methyl sites for hydroxylation is 1. The maximum atomic E-state index is 12.8. The van der Waals surface area contributed by atoms with Crippen LogP contribution in [0, 0.1) is 13.8 Å². The maximum absolute atomic E-state index is 12.8. The highest BCUT2D eigenvalue weighted by Crippen LogP contribution is 2.25. The van der Waals surface area contributed by atoms with E-state index in [0.29, 0.717) is 5.56 Å². The van der Waals surface area contributed by atoms with E-state index in [-0.39, 0.29) is 21.9 Å². The molecule has 140 valence electrons. The Morgan fingerprint density at radius 1 is 0.962 bits per heavy atom. The predicted octanol–water partition coefficient (Wildman–Crippen LogP) is 1.79. The van der Waals surface area contributed by atoms with Crippen molar-refractivity contribution in [3.05, 3.63) is 58.1 Å². The Balaban J connectivity index is 1.90. The van der Waals surface area contributed by atoms with Gasteiger partial charge in [-0.15, -0.1) is 0 Å². The van der Waals surface area contributed by atoms with Gasteiger partial charge in [-0.1, -0.05) is 18.2 Å². The Morgan fingerprint density at radius 3 is 2.31 bits per heavy atom. The summed E-state index contributed by atoms with van der Waals surface area (Å²) in [6.07, 6.45) is 1.08. The molecule has 0 spiro atoms. The Labute approximate surface area is 154 Å². The fourth-order valence-electron chi connectivity index (χ4n) is 3.17. The monoisotopic (exact) mass is 394 g/mol. The van der Waals surface area contributed by atoms with E-state index in [2.05, 4.69) is 10.0 Å². The van der Waals surface area contributed by atoms with Gasteiger partial charge in [0.05, 0.1) is 9.79 Å². The number of hydrogen-bond acceptors (Lipinski definition) is 5. The first-order valence-electron chi connectivity index (χ1n) is 8.20. The van der Waals surface area contributed by atoms with Crippen LogP contribution in [-0.2, 0) is 39.5 Å². The van der Waals surface area contributed by atoms with Crippen LogP contribution in [0.2, 0.25) is 0 Å². The lowest BCUT2D eigenvalue weighted by atomic mass is 10.1. The molecule has 0 fully saturated rings. The summed E-state index contributed by atoms with van der Waals surface area (Å²) in [4.78, 5) is 0.0437. The zero-order chi connectivity index (χ0) is 19.1. The van der Waals surface area contributed by atoms with Gasteiger partial charge in [0.1, 0.15) is 0 Å². The third kappa shape index (κ3) is 3.83. The Hall–Kier alpha value is -1.74. The average Bonchev–Trinajstić information content (AvgIpc) is 3.01. The van der Waals surface area contributed by atoms with Gasteiger partial charge in [0.15, 0.2) is 9.84 Å². The van der Waals surface area contributed by atoms with Crippen LogP contribution in [0.4, 0.5) is 0 Å². The zero-order valence-electron chi connectivity index (χ0n) is 15.0. The normalized spacial score (nSPS) is 14.4. The third-order valence-electron chi connectivity index (χ3n) is 4.51. The van der Waals surface area contributed by atoms with E-state index in [4.69, 9.17) is 0 Å². The number of rotatable bonds is 5. The van der Waals surface area contributed by atoms with Gasteiger partial charge >= 0.3 is 0 Å². The molecule has 2 aromatic rings. The molecule has 0 amide bonds. The van der Waals surface area contributed by atoms with Gasteiger partial charge in [0.2, 0.25) is 10.0 Å². The third-order valence-corrected chi connectivity index (χ3v) is 7.26. The minimum Gasteiger partial charge on any atom is -0.309 e. The largest absolute Gasteiger partial charge is 0.309 e. The molecule has 0 bridgehead atoms. The lowest BCUT2D eigenvalue weighted by molar-refractivity contribution is 0.580. The van der Waals surface area contributed by atoms with E-state index in [1.807, 2.05) is 18.2 Å². The number of hydrogen-bond donors (Lipinski definition) is 2. The lowest BCUT2D eigenvalue weighted by Crippen LogP contribution is -2.24. The fourth-order valence-corrected chi connectivity index (χ4v) is 5.67. The van der Waals surface area contributed by atoms with E-state index >= 15 is 0 Å². The number of benzene rings is 2. The molecule has 2 aromatic carbocycles. The first kappa shape index (κ1) is 19.0. The molecule has 26 heavy (non-hydrogen) atoms. The summed E-state index contributed by atoms with van der Waals surface area (Å²) in [5.74, 6) is 0. The van der Waals surface area contributed by atoms with Crippen LogP contribution in [0.3, 0.4) is 0 Å². The summed E-state index contributed by atoms with van der Waals surface area (Å²) in [7, 11) is -7.35. The van der Waals surface area contributed by atoms with Crippen LogP contribution >= 0.6 is 0 Å². The van der Waals surface area contributed by atoms with E-state index in [1.165, 1.54) is 30.2 Å². The van der Waals surface area contributed by atoms with Gasteiger partial charge in [-0.3, -0.25) is 0 Å². The highest BCUT2D eigenvalue weighted by Gasteiger charge is 2.23. The molecule has 0 radical (unpaired) electrons. The maximum Gasteiger partial charge on any atom is 0.241 e. The number of sulfonamides is 1. The van der Waals surface area contributed by atoms with Gasteiger partial charge < -0.3 is 5.32 Å². The van der Waals surface area contributed by atoms with Crippen molar-refractivity contribution < 1.29 is 16.8 Å².